The van der Waals surface area contributed by atoms with E-state index in [0.717, 1.165) is 27.0 Å². The molecule has 0 saturated carbocycles. The molecule has 0 fully saturated rings. The van der Waals surface area contributed by atoms with Gasteiger partial charge >= 0.3 is 0 Å². The van der Waals surface area contributed by atoms with E-state index in [2.05, 4.69) is 27.3 Å². The average Bonchev–Trinajstić information content (AvgIpc) is 2.30. The summed E-state index contributed by atoms with van der Waals surface area (Å²) >= 11 is 3.47. The van der Waals surface area contributed by atoms with Crippen LogP contribution in [0.2, 0.25) is 0 Å². The molecule has 0 aliphatic carbocycles. The Bertz CT molecular complexity index is 607. The summed E-state index contributed by atoms with van der Waals surface area (Å²) in [6, 6.07) is 14.1. The van der Waals surface area contributed by atoms with Crippen molar-refractivity contribution in [1.82, 2.24) is 0 Å². The van der Waals surface area contributed by atoms with Crippen LogP contribution in [0.25, 0.3) is 0 Å². The van der Waals surface area contributed by atoms with Crippen molar-refractivity contribution in [3.05, 3.63) is 57.6 Å². The number of aryl methyl sites for hydroxylation is 2. The normalized spacial score (nSPS) is 9.89. The fourth-order valence-corrected chi connectivity index (χ4v) is 2.43. The number of benzene rings is 2. The molecule has 0 aliphatic rings. The van der Waals surface area contributed by atoms with Crippen LogP contribution in [0.15, 0.2) is 40.9 Å². The van der Waals surface area contributed by atoms with Crippen molar-refractivity contribution >= 4 is 27.3 Å². The van der Waals surface area contributed by atoms with Gasteiger partial charge in [0.1, 0.15) is 6.07 Å². The van der Waals surface area contributed by atoms with Gasteiger partial charge in [0.05, 0.1) is 11.3 Å². The molecule has 0 radical (unpaired) electrons. The van der Waals surface area contributed by atoms with Crippen LogP contribution in [0.1, 0.15) is 16.7 Å². The van der Waals surface area contributed by atoms with Crippen molar-refractivity contribution in [3.8, 4) is 6.07 Å². The molecule has 0 amide bonds. The van der Waals surface area contributed by atoms with Crippen molar-refractivity contribution in [2.24, 2.45) is 0 Å². The molecule has 0 atom stereocenters. The second kappa shape index (κ2) is 5.24. The van der Waals surface area contributed by atoms with E-state index in [4.69, 9.17) is 5.26 Å². The summed E-state index contributed by atoms with van der Waals surface area (Å²) in [6.07, 6.45) is 0. The third kappa shape index (κ3) is 2.91. The number of nitrogens with zero attached hydrogens (tertiary/aromatic N) is 1. The summed E-state index contributed by atoms with van der Waals surface area (Å²) in [5.41, 5.74) is 4.72. The number of anilines is 2. The van der Waals surface area contributed by atoms with Crippen LogP contribution in [-0.4, -0.2) is 0 Å². The van der Waals surface area contributed by atoms with Gasteiger partial charge in [-0.25, -0.2) is 0 Å². The predicted molar refractivity (Wildman–Crippen MR) is 78.1 cm³/mol. The van der Waals surface area contributed by atoms with Crippen LogP contribution in [0.4, 0.5) is 11.4 Å². The van der Waals surface area contributed by atoms with E-state index in [0.29, 0.717) is 5.56 Å². The van der Waals surface area contributed by atoms with E-state index >= 15 is 0 Å². The molecular weight excluding hydrogens is 288 g/mol. The molecule has 2 aromatic rings. The lowest BCUT2D eigenvalue weighted by molar-refractivity contribution is 1.39. The first-order valence-electron chi connectivity index (χ1n) is 5.63. The van der Waals surface area contributed by atoms with Gasteiger partial charge in [-0.15, -0.1) is 0 Å². The fraction of sp³-hybridized carbons (Fsp3) is 0.133. The molecule has 0 spiro atoms. The minimum atomic E-state index is 0.660. The Labute approximate surface area is 115 Å². The molecule has 0 aromatic heterocycles. The summed E-state index contributed by atoms with van der Waals surface area (Å²) in [4.78, 5) is 0. The first kappa shape index (κ1) is 12.7. The summed E-state index contributed by atoms with van der Waals surface area (Å²) < 4.78 is 1.02. The van der Waals surface area contributed by atoms with Crippen LogP contribution in [0, 0.1) is 25.2 Å². The maximum Gasteiger partial charge on any atom is 0.101 e. The van der Waals surface area contributed by atoms with Gasteiger partial charge < -0.3 is 5.32 Å². The van der Waals surface area contributed by atoms with E-state index in [-0.39, 0.29) is 0 Å². The minimum absolute atomic E-state index is 0.660. The second-order valence-electron chi connectivity index (χ2n) is 4.30. The van der Waals surface area contributed by atoms with E-state index in [1.807, 2.05) is 50.2 Å². The Morgan fingerprint density at radius 1 is 1.06 bits per heavy atom. The highest BCUT2D eigenvalue weighted by atomic mass is 79.9. The molecule has 3 heteroatoms. The third-order valence-electron chi connectivity index (χ3n) is 2.62. The zero-order chi connectivity index (χ0) is 13.1. The van der Waals surface area contributed by atoms with Crippen LogP contribution in [0.5, 0.6) is 0 Å². The zero-order valence-electron chi connectivity index (χ0n) is 10.3. The Balaban J connectivity index is 2.37. The lowest BCUT2D eigenvalue weighted by Gasteiger charge is -2.10. The fourth-order valence-electron chi connectivity index (χ4n) is 1.82. The molecule has 2 aromatic carbocycles. The standard InChI is InChI=1S/C15H13BrN2/c1-10-3-4-15(12(5-10)9-17)18-14-7-11(2)6-13(16)8-14/h3-8,18H,1-2H3. The van der Waals surface area contributed by atoms with Crippen LogP contribution < -0.4 is 5.32 Å². The first-order valence-corrected chi connectivity index (χ1v) is 6.43. The molecule has 2 rings (SSSR count). The van der Waals surface area contributed by atoms with E-state index in [1.165, 1.54) is 0 Å². The summed E-state index contributed by atoms with van der Waals surface area (Å²) in [5.74, 6) is 0. The highest BCUT2D eigenvalue weighted by Gasteiger charge is 2.03. The first-order chi connectivity index (χ1) is 8.58. The van der Waals surface area contributed by atoms with Gasteiger partial charge in [0.15, 0.2) is 0 Å². The van der Waals surface area contributed by atoms with E-state index in [1.54, 1.807) is 0 Å². The third-order valence-corrected chi connectivity index (χ3v) is 3.07. The van der Waals surface area contributed by atoms with Crippen LogP contribution >= 0.6 is 15.9 Å². The van der Waals surface area contributed by atoms with Gasteiger partial charge in [-0.2, -0.15) is 5.26 Å². The van der Waals surface area contributed by atoms with Crippen molar-refractivity contribution in [2.75, 3.05) is 5.32 Å². The molecule has 18 heavy (non-hydrogen) atoms. The van der Waals surface area contributed by atoms with E-state index < -0.39 is 0 Å². The Morgan fingerprint density at radius 2 is 1.83 bits per heavy atom. The number of nitriles is 1. The summed E-state index contributed by atoms with van der Waals surface area (Å²) in [7, 11) is 0. The number of halogens is 1. The van der Waals surface area contributed by atoms with Crippen molar-refractivity contribution < 1.29 is 0 Å². The SMILES string of the molecule is Cc1cc(Br)cc(Nc2ccc(C)cc2C#N)c1. The molecule has 0 saturated heterocycles. The Morgan fingerprint density at radius 3 is 2.50 bits per heavy atom. The van der Waals surface area contributed by atoms with Gasteiger partial charge in [-0.3, -0.25) is 0 Å². The number of rotatable bonds is 2. The molecule has 2 nitrogen and oxygen atoms in total. The van der Waals surface area contributed by atoms with Crippen molar-refractivity contribution in [3.63, 3.8) is 0 Å². The Hall–Kier alpha value is -1.79. The smallest absolute Gasteiger partial charge is 0.101 e. The van der Waals surface area contributed by atoms with Gasteiger partial charge in [0.2, 0.25) is 0 Å². The number of hydrogen-bond acceptors (Lipinski definition) is 2. The minimum Gasteiger partial charge on any atom is -0.354 e. The van der Waals surface area contributed by atoms with Gasteiger partial charge in [-0.05, 0) is 55.3 Å². The van der Waals surface area contributed by atoms with Crippen molar-refractivity contribution in [1.29, 1.82) is 5.26 Å². The highest BCUT2D eigenvalue weighted by molar-refractivity contribution is 9.10. The summed E-state index contributed by atoms with van der Waals surface area (Å²) in [6.45, 7) is 4.02. The molecule has 1 N–H and O–H groups in total. The molecule has 0 aliphatic heterocycles. The Kier molecular flexibility index (Phi) is 3.69. The largest absolute Gasteiger partial charge is 0.354 e. The van der Waals surface area contributed by atoms with Gasteiger partial charge in [0.25, 0.3) is 0 Å². The molecule has 90 valence electrons. The zero-order valence-corrected chi connectivity index (χ0v) is 11.9. The predicted octanol–water partition coefficient (Wildman–Crippen LogP) is 4.68. The quantitative estimate of drug-likeness (QED) is 0.874. The van der Waals surface area contributed by atoms with Crippen molar-refractivity contribution in [2.45, 2.75) is 13.8 Å². The van der Waals surface area contributed by atoms with Gasteiger partial charge in [-0.1, -0.05) is 22.0 Å². The summed E-state index contributed by atoms with van der Waals surface area (Å²) in [5, 5.41) is 12.4. The highest BCUT2D eigenvalue weighted by Crippen LogP contribution is 2.25. The monoisotopic (exact) mass is 300 g/mol. The number of nitrogens with one attached hydrogen (secondary N) is 1. The number of hydrogen-bond donors (Lipinski definition) is 1. The topological polar surface area (TPSA) is 35.8 Å². The molecule has 0 unspecified atom stereocenters. The lowest BCUT2D eigenvalue weighted by Crippen LogP contribution is -1.94. The van der Waals surface area contributed by atoms with Crippen LogP contribution in [-0.2, 0) is 0 Å². The maximum atomic E-state index is 9.13. The molecule has 0 bridgehead atoms. The second-order valence-corrected chi connectivity index (χ2v) is 5.22. The molecular formula is C15H13BrN2. The maximum absolute atomic E-state index is 9.13. The molecule has 0 heterocycles. The van der Waals surface area contributed by atoms with Crippen LogP contribution in [0.3, 0.4) is 0 Å². The lowest BCUT2D eigenvalue weighted by atomic mass is 10.1. The van der Waals surface area contributed by atoms with Gasteiger partial charge in [0, 0.05) is 10.2 Å². The average molecular weight is 301 g/mol. The van der Waals surface area contributed by atoms with E-state index in [9.17, 15) is 0 Å².